The second kappa shape index (κ2) is 44.1. The standard InChI is InChI=1S/C58H105NO13/c1-3-5-7-9-11-12-13-14-15-16-17-18-19-20-21-22-23-24-25-26-27-28-29-30-31-32-33-34-36-38-40-42-50(63)59-46(47(62)41-39-37-35-10-8-6-4-2)45-69-57-55(68)53(66)56(49(44-61)71-57)72-58-54(67)52(65)51(64)48(43-60)70-58/h13-14,16-17,19-20,39,41,46-49,51-58,60-62,64-68H,3-12,15,18,21-38,40,42-45H2,1-2H3,(H,59,63)/b14-13-,17-16-,20-19-,41-39+. The Labute approximate surface area is 435 Å². The van der Waals surface area contributed by atoms with Crippen molar-refractivity contribution in [2.24, 2.45) is 0 Å². The molecule has 0 aliphatic carbocycles. The molecule has 12 unspecified atom stereocenters. The Morgan fingerprint density at radius 2 is 0.917 bits per heavy atom. The summed E-state index contributed by atoms with van der Waals surface area (Å²) in [5.74, 6) is -0.244. The summed E-state index contributed by atoms with van der Waals surface area (Å²) in [7, 11) is 0. The summed E-state index contributed by atoms with van der Waals surface area (Å²) >= 11 is 0. The van der Waals surface area contributed by atoms with E-state index >= 15 is 0 Å². The summed E-state index contributed by atoms with van der Waals surface area (Å²) in [6.07, 6.45) is 37.8. The third kappa shape index (κ3) is 29.9. The number of nitrogens with one attached hydrogen (secondary N) is 1. The maximum atomic E-state index is 13.2. The Balaban J connectivity index is 1.60. The van der Waals surface area contributed by atoms with Crippen molar-refractivity contribution in [1.82, 2.24) is 5.32 Å². The van der Waals surface area contributed by atoms with Gasteiger partial charge in [0.2, 0.25) is 5.91 Å². The highest BCUT2D eigenvalue weighted by molar-refractivity contribution is 5.76. The SMILES string of the molecule is CCCCCCC/C=C\C/C=C\C/C=C\CCCCCCCCCCCCCCCCCCC(=O)NC(COC1OC(CO)C(OC2OC(CO)C(O)C(O)C2O)C(O)C1O)C(O)/C=C/CCCCCCC. The first-order valence-electron chi connectivity index (χ1n) is 28.9. The fraction of sp³-hybridized carbons (Fsp3) is 0.845. The molecule has 0 saturated carbocycles. The fourth-order valence-electron chi connectivity index (χ4n) is 9.30. The zero-order valence-corrected chi connectivity index (χ0v) is 44.9. The van der Waals surface area contributed by atoms with E-state index in [0.717, 1.165) is 64.2 Å². The molecule has 12 atom stereocenters. The smallest absolute Gasteiger partial charge is 0.220 e. The molecule has 1 amide bonds. The molecule has 0 aromatic carbocycles. The summed E-state index contributed by atoms with van der Waals surface area (Å²) in [5.41, 5.74) is 0. The number of aliphatic hydroxyl groups is 8. The molecule has 2 aliphatic heterocycles. The molecule has 2 aliphatic rings. The van der Waals surface area contributed by atoms with Gasteiger partial charge in [-0.05, 0) is 57.8 Å². The van der Waals surface area contributed by atoms with Crippen molar-refractivity contribution < 1.29 is 64.6 Å². The molecule has 0 spiro atoms. The average molecular weight is 1020 g/mol. The number of hydrogen-bond acceptors (Lipinski definition) is 13. The Morgan fingerprint density at radius 3 is 1.40 bits per heavy atom. The lowest BCUT2D eigenvalue weighted by Gasteiger charge is -2.46. The Morgan fingerprint density at radius 1 is 0.500 bits per heavy atom. The van der Waals surface area contributed by atoms with Gasteiger partial charge in [-0.3, -0.25) is 4.79 Å². The van der Waals surface area contributed by atoms with Crippen molar-refractivity contribution in [3.05, 3.63) is 48.6 Å². The molecule has 2 fully saturated rings. The third-order valence-corrected chi connectivity index (χ3v) is 14.0. The molecule has 0 bridgehead atoms. The van der Waals surface area contributed by atoms with Crippen molar-refractivity contribution in [2.75, 3.05) is 19.8 Å². The zero-order chi connectivity index (χ0) is 52.4. The molecular formula is C58H105NO13. The van der Waals surface area contributed by atoms with Crippen molar-refractivity contribution in [1.29, 1.82) is 0 Å². The van der Waals surface area contributed by atoms with E-state index in [4.69, 9.17) is 18.9 Å². The van der Waals surface area contributed by atoms with E-state index in [0.29, 0.717) is 6.42 Å². The predicted octanol–water partition coefficient (Wildman–Crippen LogP) is 9.22. The van der Waals surface area contributed by atoms with Crippen LogP contribution in [0, 0.1) is 0 Å². The molecule has 14 nitrogen and oxygen atoms in total. The summed E-state index contributed by atoms with van der Waals surface area (Å²) in [6, 6.07) is -0.911. The van der Waals surface area contributed by atoms with Gasteiger partial charge in [0, 0.05) is 6.42 Å². The quantitative estimate of drug-likeness (QED) is 0.0205. The first-order valence-corrected chi connectivity index (χ1v) is 28.9. The van der Waals surface area contributed by atoms with Gasteiger partial charge in [0.05, 0.1) is 32.0 Å². The molecular weight excluding hydrogens is 919 g/mol. The largest absolute Gasteiger partial charge is 0.394 e. The van der Waals surface area contributed by atoms with Crippen LogP contribution in [0.1, 0.15) is 219 Å². The van der Waals surface area contributed by atoms with Gasteiger partial charge in [-0.25, -0.2) is 0 Å². The monoisotopic (exact) mass is 1020 g/mol. The minimum atomic E-state index is -1.79. The number of hydrogen-bond donors (Lipinski definition) is 9. The number of rotatable bonds is 45. The van der Waals surface area contributed by atoms with Gasteiger partial charge in [0.25, 0.3) is 0 Å². The topological polar surface area (TPSA) is 228 Å². The van der Waals surface area contributed by atoms with Gasteiger partial charge in [-0.2, -0.15) is 0 Å². The first kappa shape index (κ1) is 66.1. The number of carbonyl (C=O) groups excluding carboxylic acids is 1. The minimum absolute atomic E-state index is 0.244. The van der Waals surface area contributed by atoms with Gasteiger partial charge in [0.15, 0.2) is 12.6 Å². The van der Waals surface area contributed by atoms with Gasteiger partial charge in [0.1, 0.15) is 48.8 Å². The van der Waals surface area contributed by atoms with Crippen LogP contribution in [0.4, 0.5) is 0 Å². The van der Waals surface area contributed by atoms with Crippen molar-refractivity contribution >= 4 is 5.91 Å². The van der Waals surface area contributed by atoms with Gasteiger partial charge in [-0.15, -0.1) is 0 Å². The van der Waals surface area contributed by atoms with Crippen LogP contribution in [-0.4, -0.2) is 140 Å². The number of unbranched alkanes of at least 4 members (excludes halogenated alkanes) is 26. The van der Waals surface area contributed by atoms with Crippen LogP contribution >= 0.6 is 0 Å². The molecule has 9 N–H and O–H groups in total. The van der Waals surface area contributed by atoms with Crippen LogP contribution in [0.2, 0.25) is 0 Å². The van der Waals surface area contributed by atoms with Crippen molar-refractivity contribution in [2.45, 2.75) is 293 Å². The average Bonchev–Trinajstić information content (AvgIpc) is 3.38. The van der Waals surface area contributed by atoms with E-state index in [2.05, 4.69) is 55.6 Å². The van der Waals surface area contributed by atoms with Crippen LogP contribution in [0.3, 0.4) is 0 Å². The van der Waals surface area contributed by atoms with Crippen molar-refractivity contribution in [3.63, 3.8) is 0 Å². The molecule has 0 aromatic heterocycles. The highest BCUT2D eigenvalue weighted by Gasteiger charge is 2.51. The van der Waals surface area contributed by atoms with Crippen LogP contribution in [0.25, 0.3) is 0 Å². The van der Waals surface area contributed by atoms with E-state index in [1.165, 1.54) is 128 Å². The summed E-state index contributed by atoms with van der Waals surface area (Å²) in [6.45, 7) is 2.71. The Bertz CT molecular complexity index is 1390. The molecule has 0 aromatic rings. The highest BCUT2D eigenvalue weighted by Crippen LogP contribution is 2.30. The Hall–Kier alpha value is -2.05. The summed E-state index contributed by atoms with van der Waals surface area (Å²) in [4.78, 5) is 13.2. The summed E-state index contributed by atoms with van der Waals surface area (Å²) < 4.78 is 22.6. The van der Waals surface area contributed by atoms with E-state index in [-0.39, 0.29) is 18.9 Å². The molecule has 2 heterocycles. The molecule has 2 rings (SSSR count). The third-order valence-electron chi connectivity index (χ3n) is 14.0. The van der Waals surface area contributed by atoms with E-state index in [1.807, 2.05) is 6.08 Å². The second-order valence-electron chi connectivity index (χ2n) is 20.4. The van der Waals surface area contributed by atoms with Gasteiger partial charge < -0.3 is 65.1 Å². The van der Waals surface area contributed by atoms with Crippen LogP contribution in [0.15, 0.2) is 48.6 Å². The lowest BCUT2D eigenvalue weighted by Crippen LogP contribution is -2.65. The number of aliphatic hydroxyl groups excluding tert-OH is 8. The van der Waals surface area contributed by atoms with Gasteiger partial charge in [-0.1, -0.05) is 204 Å². The van der Waals surface area contributed by atoms with Crippen LogP contribution < -0.4 is 5.32 Å². The van der Waals surface area contributed by atoms with Crippen LogP contribution in [0.5, 0.6) is 0 Å². The number of allylic oxidation sites excluding steroid dienone is 7. The number of amides is 1. The second-order valence-corrected chi connectivity index (χ2v) is 20.4. The Kier molecular flexibility index (Phi) is 40.5. The molecule has 72 heavy (non-hydrogen) atoms. The maximum Gasteiger partial charge on any atom is 0.220 e. The molecule has 0 radical (unpaired) electrons. The molecule has 420 valence electrons. The predicted molar refractivity (Wildman–Crippen MR) is 286 cm³/mol. The van der Waals surface area contributed by atoms with Crippen LogP contribution in [-0.2, 0) is 23.7 Å². The number of ether oxygens (including phenoxy) is 4. The van der Waals surface area contributed by atoms with E-state index in [9.17, 15) is 45.6 Å². The zero-order valence-electron chi connectivity index (χ0n) is 44.9. The maximum absolute atomic E-state index is 13.2. The lowest BCUT2D eigenvalue weighted by molar-refractivity contribution is -0.359. The normalized spacial score (nSPS) is 25.9. The highest BCUT2D eigenvalue weighted by atomic mass is 16.7. The van der Waals surface area contributed by atoms with E-state index in [1.54, 1.807) is 6.08 Å². The van der Waals surface area contributed by atoms with E-state index < -0.39 is 86.8 Å². The summed E-state index contributed by atoms with van der Waals surface area (Å²) in [5, 5.41) is 86.5. The minimum Gasteiger partial charge on any atom is -0.394 e. The molecule has 2 saturated heterocycles. The number of carbonyl (C=O) groups is 1. The lowest BCUT2D eigenvalue weighted by atomic mass is 9.97. The van der Waals surface area contributed by atoms with Crippen molar-refractivity contribution in [3.8, 4) is 0 Å². The fourth-order valence-corrected chi connectivity index (χ4v) is 9.30. The first-order chi connectivity index (χ1) is 35.1. The molecule has 14 heteroatoms. The van der Waals surface area contributed by atoms with Gasteiger partial charge >= 0.3 is 0 Å².